The smallest absolute Gasteiger partial charge is 0.251 e. The van der Waals surface area contributed by atoms with E-state index in [9.17, 15) is 4.79 Å². The highest BCUT2D eigenvalue weighted by atomic mass is 16.5. The van der Waals surface area contributed by atoms with Gasteiger partial charge in [-0.2, -0.15) is 4.98 Å². The molecule has 1 atom stereocenters. The molecule has 1 aliphatic heterocycles. The standard InChI is InChI=1S/C20H22N6O3/c1-28-13-18(27)23-17-7-6-15(11-22-17)19-24-20(29-25-19)16-5-3-9-26(16)12-14-4-2-8-21-10-14/h2,4,6-8,10-11,16H,3,5,9,12-13H2,1H3,(H,22,23,27)/t16-/m0/s1. The molecular weight excluding hydrogens is 372 g/mol. The van der Waals surface area contributed by atoms with Gasteiger partial charge in [-0.1, -0.05) is 11.2 Å². The first-order valence-electron chi connectivity index (χ1n) is 9.44. The van der Waals surface area contributed by atoms with Gasteiger partial charge in [0, 0.05) is 37.8 Å². The number of nitrogens with zero attached hydrogens (tertiary/aromatic N) is 5. The third-order valence-electron chi connectivity index (χ3n) is 4.76. The van der Waals surface area contributed by atoms with Gasteiger partial charge in [0.1, 0.15) is 12.4 Å². The lowest BCUT2D eigenvalue weighted by Crippen LogP contribution is -2.23. The molecule has 29 heavy (non-hydrogen) atoms. The summed E-state index contributed by atoms with van der Waals surface area (Å²) < 4.78 is 10.4. The van der Waals surface area contributed by atoms with Gasteiger partial charge in [-0.05, 0) is 43.1 Å². The van der Waals surface area contributed by atoms with E-state index in [1.807, 2.05) is 12.3 Å². The minimum atomic E-state index is -0.260. The lowest BCUT2D eigenvalue weighted by molar-refractivity contribution is -0.119. The highest BCUT2D eigenvalue weighted by Gasteiger charge is 2.30. The minimum absolute atomic E-state index is 0.0193. The Labute approximate surface area is 168 Å². The number of hydrogen-bond donors (Lipinski definition) is 1. The quantitative estimate of drug-likeness (QED) is 0.651. The number of hydrogen-bond acceptors (Lipinski definition) is 8. The first-order chi connectivity index (χ1) is 14.2. The van der Waals surface area contributed by atoms with Crippen LogP contribution < -0.4 is 5.32 Å². The predicted octanol–water partition coefficient (Wildman–Crippen LogP) is 2.45. The van der Waals surface area contributed by atoms with E-state index < -0.39 is 0 Å². The van der Waals surface area contributed by atoms with Gasteiger partial charge in [-0.25, -0.2) is 4.98 Å². The maximum absolute atomic E-state index is 11.6. The zero-order chi connectivity index (χ0) is 20.1. The molecule has 1 fully saturated rings. The molecular formula is C20H22N6O3. The number of rotatable bonds is 7. The molecule has 4 heterocycles. The Morgan fingerprint density at radius 3 is 3.03 bits per heavy atom. The van der Waals surface area contributed by atoms with Crippen LogP contribution in [0.1, 0.15) is 30.3 Å². The zero-order valence-electron chi connectivity index (χ0n) is 16.1. The van der Waals surface area contributed by atoms with E-state index in [4.69, 9.17) is 9.26 Å². The number of carbonyl (C=O) groups is 1. The van der Waals surface area contributed by atoms with E-state index in [0.717, 1.165) is 37.1 Å². The number of anilines is 1. The average Bonchev–Trinajstić information content (AvgIpc) is 3.39. The van der Waals surface area contributed by atoms with E-state index in [0.29, 0.717) is 17.5 Å². The fourth-order valence-electron chi connectivity index (χ4n) is 3.42. The van der Waals surface area contributed by atoms with Crippen molar-refractivity contribution in [1.82, 2.24) is 25.0 Å². The topological polar surface area (TPSA) is 106 Å². The first kappa shape index (κ1) is 19.2. The summed E-state index contributed by atoms with van der Waals surface area (Å²) >= 11 is 0. The molecule has 0 unspecified atom stereocenters. The number of likely N-dealkylation sites (tertiary alicyclic amines) is 1. The van der Waals surface area contributed by atoms with E-state index in [2.05, 4.69) is 36.4 Å². The summed E-state index contributed by atoms with van der Waals surface area (Å²) in [7, 11) is 1.46. The van der Waals surface area contributed by atoms with Crippen LogP contribution in [0.3, 0.4) is 0 Å². The minimum Gasteiger partial charge on any atom is -0.375 e. The fraction of sp³-hybridized carbons (Fsp3) is 0.350. The molecule has 0 spiro atoms. The summed E-state index contributed by atoms with van der Waals surface area (Å²) in [5.41, 5.74) is 1.89. The number of amides is 1. The monoisotopic (exact) mass is 394 g/mol. The van der Waals surface area contributed by atoms with Crippen molar-refractivity contribution in [2.24, 2.45) is 0 Å². The van der Waals surface area contributed by atoms with Crippen LogP contribution in [0.15, 0.2) is 47.4 Å². The van der Waals surface area contributed by atoms with E-state index in [-0.39, 0.29) is 18.6 Å². The normalized spacial score (nSPS) is 16.8. The summed E-state index contributed by atoms with van der Waals surface area (Å²) in [6, 6.07) is 7.60. The molecule has 3 aromatic rings. The van der Waals surface area contributed by atoms with Crippen molar-refractivity contribution in [1.29, 1.82) is 0 Å². The molecule has 150 valence electrons. The summed E-state index contributed by atoms with van der Waals surface area (Å²) in [6.45, 7) is 1.76. The largest absolute Gasteiger partial charge is 0.375 e. The van der Waals surface area contributed by atoms with Gasteiger partial charge in [0.05, 0.1) is 6.04 Å². The predicted molar refractivity (Wildman–Crippen MR) is 105 cm³/mol. The van der Waals surface area contributed by atoms with Crippen molar-refractivity contribution in [3.63, 3.8) is 0 Å². The Morgan fingerprint density at radius 2 is 2.28 bits per heavy atom. The Balaban J connectivity index is 1.44. The molecule has 9 nitrogen and oxygen atoms in total. The van der Waals surface area contributed by atoms with Crippen LogP contribution in [0.4, 0.5) is 5.82 Å². The summed E-state index contributed by atoms with van der Waals surface area (Å²) in [6.07, 6.45) is 7.33. The highest BCUT2D eigenvalue weighted by molar-refractivity contribution is 5.90. The molecule has 9 heteroatoms. The average molecular weight is 394 g/mol. The number of aromatic nitrogens is 4. The Hall–Kier alpha value is -3.17. The molecule has 0 bridgehead atoms. The summed E-state index contributed by atoms with van der Waals surface area (Å²) in [5, 5.41) is 6.77. The van der Waals surface area contributed by atoms with Crippen LogP contribution in [0, 0.1) is 0 Å². The second-order valence-electron chi connectivity index (χ2n) is 6.86. The molecule has 1 amide bonds. The third kappa shape index (κ3) is 4.64. The van der Waals surface area contributed by atoms with Gasteiger partial charge in [0.2, 0.25) is 11.7 Å². The zero-order valence-corrected chi connectivity index (χ0v) is 16.1. The van der Waals surface area contributed by atoms with E-state index in [1.165, 1.54) is 7.11 Å². The third-order valence-corrected chi connectivity index (χ3v) is 4.76. The number of carbonyl (C=O) groups excluding carboxylic acids is 1. The molecule has 3 aromatic heterocycles. The van der Waals surface area contributed by atoms with Crippen LogP contribution in [0.5, 0.6) is 0 Å². The summed E-state index contributed by atoms with van der Waals surface area (Å²) in [5.74, 6) is 1.27. The molecule has 0 aromatic carbocycles. The van der Waals surface area contributed by atoms with Gasteiger partial charge >= 0.3 is 0 Å². The highest BCUT2D eigenvalue weighted by Crippen LogP contribution is 2.33. The molecule has 0 saturated carbocycles. The maximum Gasteiger partial charge on any atom is 0.251 e. The van der Waals surface area contributed by atoms with Crippen molar-refractivity contribution >= 4 is 11.7 Å². The maximum atomic E-state index is 11.6. The molecule has 1 N–H and O–H groups in total. The Kier molecular flexibility index (Phi) is 5.87. The van der Waals surface area contributed by atoms with Crippen LogP contribution in [0.25, 0.3) is 11.4 Å². The number of pyridine rings is 2. The van der Waals surface area contributed by atoms with Gasteiger partial charge in [-0.3, -0.25) is 14.7 Å². The van der Waals surface area contributed by atoms with E-state index >= 15 is 0 Å². The molecule has 4 rings (SSSR count). The second kappa shape index (κ2) is 8.89. The summed E-state index contributed by atoms with van der Waals surface area (Å²) in [4.78, 5) is 26.9. The second-order valence-corrected chi connectivity index (χ2v) is 6.86. The Morgan fingerprint density at radius 1 is 1.34 bits per heavy atom. The van der Waals surface area contributed by atoms with Gasteiger partial charge in [0.25, 0.3) is 5.91 Å². The molecule has 1 aliphatic rings. The lowest BCUT2D eigenvalue weighted by atomic mass is 10.2. The number of nitrogens with one attached hydrogen (secondary N) is 1. The van der Waals surface area contributed by atoms with Crippen LogP contribution in [-0.2, 0) is 16.1 Å². The van der Waals surface area contributed by atoms with E-state index in [1.54, 1.807) is 24.5 Å². The molecule has 0 aliphatic carbocycles. The van der Waals surface area contributed by atoms with Crippen molar-refractivity contribution < 1.29 is 14.1 Å². The van der Waals surface area contributed by atoms with Gasteiger partial charge < -0.3 is 14.6 Å². The molecule has 0 radical (unpaired) electrons. The van der Waals surface area contributed by atoms with Crippen molar-refractivity contribution in [2.75, 3.05) is 25.6 Å². The van der Waals surface area contributed by atoms with Crippen molar-refractivity contribution in [3.05, 3.63) is 54.3 Å². The molecule has 1 saturated heterocycles. The fourth-order valence-corrected chi connectivity index (χ4v) is 3.42. The Bertz CT molecular complexity index is 944. The van der Waals surface area contributed by atoms with Crippen LogP contribution in [-0.4, -0.2) is 51.2 Å². The van der Waals surface area contributed by atoms with Crippen LogP contribution >= 0.6 is 0 Å². The van der Waals surface area contributed by atoms with Crippen molar-refractivity contribution in [2.45, 2.75) is 25.4 Å². The van der Waals surface area contributed by atoms with Gasteiger partial charge in [0.15, 0.2) is 0 Å². The lowest BCUT2D eigenvalue weighted by Gasteiger charge is -2.21. The van der Waals surface area contributed by atoms with Crippen LogP contribution in [0.2, 0.25) is 0 Å². The van der Waals surface area contributed by atoms with Crippen molar-refractivity contribution in [3.8, 4) is 11.4 Å². The first-order valence-corrected chi connectivity index (χ1v) is 9.44. The SMILES string of the molecule is COCC(=O)Nc1ccc(-c2noc([C@@H]3CCCN3Cc3cccnc3)n2)cn1. The van der Waals surface area contributed by atoms with Gasteiger partial charge in [-0.15, -0.1) is 0 Å². The number of ether oxygens (including phenoxy) is 1. The number of methoxy groups -OCH3 is 1.